The minimum atomic E-state index is -0.348. The van der Waals surface area contributed by atoms with Crippen LogP contribution in [0.1, 0.15) is 47.5 Å². The standard InChI is InChI=1S/C12H24O2S/c1-10(2)6-8-15-9-7-11(13)14-12(3,4)5/h10H,6-9H2,1-5H3. The van der Waals surface area contributed by atoms with E-state index >= 15 is 0 Å². The van der Waals surface area contributed by atoms with Gasteiger partial charge in [-0.3, -0.25) is 4.79 Å². The molecule has 0 radical (unpaired) electrons. The Balaban J connectivity index is 3.40. The van der Waals surface area contributed by atoms with Gasteiger partial charge in [0, 0.05) is 5.75 Å². The van der Waals surface area contributed by atoms with Gasteiger partial charge in [-0.25, -0.2) is 0 Å². The normalized spacial score (nSPS) is 11.9. The number of hydrogen-bond acceptors (Lipinski definition) is 3. The third-order valence-corrected chi connectivity index (χ3v) is 2.73. The molecule has 0 aromatic carbocycles. The van der Waals surface area contributed by atoms with E-state index in [4.69, 9.17) is 4.74 Å². The van der Waals surface area contributed by atoms with Gasteiger partial charge in [0.05, 0.1) is 6.42 Å². The van der Waals surface area contributed by atoms with E-state index in [2.05, 4.69) is 13.8 Å². The molecule has 0 aliphatic heterocycles. The van der Waals surface area contributed by atoms with Gasteiger partial charge in [0.2, 0.25) is 0 Å². The van der Waals surface area contributed by atoms with Crippen molar-refractivity contribution in [2.24, 2.45) is 5.92 Å². The summed E-state index contributed by atoms with van der Waals surface area (Å²) in [5.41, 5.74) is -0.348. The molecule has 0 N–H and O–H groups in total. The summed E-state index contributed by atoms with van der Waals surface area (Å²) in [6, 6.07) is 0. The second kappa shape index (κ2) is 7.15. The zero-order valence-corrected chi connectivity index (χ0v) is 11.4. The summed E-state index contributed by atoms with van der Waals surface area (Å²) in [7, 11) is 0. The van der Waals surface area contributed by atoms with Crippen LogP contribution in [-0.2, 0) is 9.53 Å². The van der Waals surface area contributed by atoms with E-state index in [1.807, 2.05) is 32.5 Å². The second-order valence-corrected chi connectivity index (χ2v) is 6.36. The van der Waals surface area contributed by atoms with Gasteiger partial charge in [-0.15, -0.1) is 0 Å². The fraction of sp³-hybridized carbons (Fsp3) is 0.917. The molecule has 0 saturated heterocycles. The van der Waals surface area contributed by atoms with Crippen LogP contribution in [0.5, 0.6) is 0 Å². The molecule has 0 aromatic rings. The average Bonchev–Trinajstić information content (AvgIpc) is 1.99. The van der Waals surface area contributed by atoms with E-state index in [0.29, 0.717) is 6.42 Å². The van der Waals surface area contributed by atoms with Crippen LogP contribution in [-0.4, -0.2) is 23.1 Å². The number of esters is 1. The van der Waals surface area contributed by atoms with E-state index in [-0.39, 0.29) is 11.6 Å². The summed E-state index contributed by atoms with van der Waals surface area (Å²) in [6.07, 6.45) is 1.75. The number of ether oxygens (including phenoxy) is 1. The van der Waals surface area contributed by atoms with E-state index in [9.17, 15) is 4.79 Å². The lowest BCUT2D eigenvalue weighted by Gasteiger charge is -2.19. The fourth-order valence-corrected chi connectivity index (χ4v) is 2.12. The maximum Gasteiger partial charge on any atom is 0.307 e. The Morgan fingerprint density at radius 1 is 1.27 bits per heavy atom. The molecule has 0 aliphatic carbocycles. The molecule has 15 heavy (non-hydrogen) atoms. The predicted octanol–water partition coefficient (Wildman–Crippen LogP) is 3.50. The molecular weight excluding hydrogens is 208 g/mol. The summed E-state index contributed by atoms with van der Waals surface area (Å²) in [4.78, 5) is 11.3. The Bertz CT molecular complexity index is 183. The number of rotatable bonds is 6. The topological polar surface area (TPSA) is 26.3 Å². The highest BCUT2D eigenvalue weighted by atomic mass is 32.2. The summed E-state index contributed by atoms with van der Waals surface area (Å²) in [6.45, 7) is 10.1. The number of hydrogen-bond donors (Lipinski definition) is 0. The Morgan fingerprint density at radius 2 is 1.87 bits per heavy atom. The van der Waals surface area contributed by atoms with Crippen LogP contribution in [0.4, 0.5) is 0 Å². The SMILES string of the molecule is CC(C)CCSCCC(=O)OC(C)(C)C. The molecule has 0 aliphatic rings. The lowest BCUT2D eigenvalue weighted by atomic mass is 10.2. The van der Waals surface area contributed by atoms with Gasteiger partial charge < -0.3 is 4.74 Å². The molecule has 3 heteroatoms. The monoisotopic (exact) mass is 232 g/mol. The van der Waals surface area contributed by atoms with Gasteiger partial charge >= 0.3 is 5.97 Å². The fourth-order valence-electron chi connectivity index (χ4n) is 0.969. The van der Waals surface area contributed by atoms with E-state index < -0.39 is 0 Å². The van der Waals surface area contributed by atoms with Crippen molar-refractivity contribution in [2.75, 3.05) is 11.5 Å². The molecule has 0 aromatic heterocycles. The van der Waals surface area contributed by atoms with Gasteiger partial charge in [-0.1, -0.05) is 13.8 Å². The summed E-state index contributed by atoms with van der Waals surface area (Å²) in [5.74, 6) is 2.68. The van der Waals surface area contributed by atoms with Crippen LogP contribution in [0.3, 0.4) is 0 Å². The molecule has 0 saturated carbocycles. The van der Waals surface area contributed by atoms with Crippen LogP contribution in [0.25, 0.3) is 0 Å². The van der Waals surface area contributed by atoms with Gasteiger partial charge in [0.25, 0.3) is 0 Å². The lowest BCUT2D eigenvalue weighted by Crippen LogP contribution is -2.24. The highest BCUT2D eigenvalue weighted by Gasteiger charge is 2.15. The molecule has 0 rings (SSSR count). The Labute approximate surface area is 98.2 Å². The quantitative estimate of drug-likeness (QED) is 0.518. The molecule has 2 nitrogen and oxygen atoms in total. The Morgan fingerprint density at radius 3 is 2.33 bits per heavy atom. The second-order valence-electron chi connectivity index (χ2n) is 5.13. The zero-order valence-electron chi connectivity index (χ0n) is 10.6. The molecule has 0 fully saturated rings. The molecule has 0 amide bonds. The number of carbonyl (C=O) groups is 1. The van der Waals surface area contributed by atoms with Crippen LogP contribution >= 0.6 is 11.8 Å². The van der Waals surface area contributed by atoms with Gasteiger partial charge in [0.15, 0.2) is 0 Å². The zero-order chi connectivity index (χ0) is 11.9. The van der Waals surface area contributed by atoms with Crippen LogP contribution < -0.4 is 0 Å². The minimum absolute atomic E-state index is 0.0838. The number of carbonyl (C=O) groups excluding carboxylic acids is 1. The first-order valence-corrected chi connectivity index (χ1v) is 6.76. The third kappa shape index (κ3) is 11.7. The van der Waals surface area contributed by atoms with Crippen LogP contribution in [0.2, 0.25) is 0 Å². The first-order chi connectivity index (χ1) is 6.81. The maximum absolute atomic E-state index is 11.3. The molecule has 0 bridgehead atoms. The molecule has 0 spiro atoms. The summed E-state index contributed by atoms with van der Waals surface area (Å²) >= 11 is 1.84. The van der Waals surface area contributed by atoms with Gasteiger partial charge in [-0.2, -0.15) is 11.8 Å². The van der Waals surface area contributed by atoms with E-state index in [1.54, 1.807) is 0 Å². The van der Waals surface area contributed by atoms with Crippen molar-refractivity contribution < 1.29 is 9.53 Å². The van der Waals surface area contributed by atoms with Crippen molar-refractivity contribution in [2.45, 2.75) is 53.1 Å². The molecular formula is C12H24O2S. The lowest BCUT2D eigenvalue weighted by molar-refractivity contribution is -0.154. The van der Waals surface area contributed by atoms with E-state index in [1.165, 1.54) is 6.42 Å². The van der Waals surface area contributed by atoms with Crippen molar-refractivity contribution in [3.63, 3.8) is 0 Å². The minimum Gasteiger partial charge on any atom is -0.460 e. The highest BCUT2D eigenvalue weighted by Crippen LogP contribution is 2.12. The molecule has 90 valence electrons. The Kier molecular flexibility index (Phi) is 7.07. The molecule has 0 heterocycles. The van der Waals surface area contributed by atoms with Crippen molar-refractivity contribution in [1.29, 1.82) is 0 Å². The number of thioether (sulfide) groups is 1. The van der Waals surface area contributed by atoms with Gasteiger partial charge in [-0.05, 0) is 38.9 Å². The third-order valence-electron chi connectivity index (χ3n) is 1.71. The predicted molar refractivity (Wildman–Crippen MR) is 67.2 cm³/mol. The van der Waals surface area contributed by atoms with Crippen molar-refractivity contribution in [3.05, 3.63) is 0 Å². The maximum atomic E-state index is 11.3. The van der Waals surface area contributed by atoms with Crippen LogP contribution in [0.15, 0.2) is 0 Å². The first kappa shape index (κ1) is 14.8. The van der Waals surface area contributed by atoms with Crippen LogP contribution in [0, 0.1) is 5.92 Å². The summed E-state index contributed by atoms with van der Waals surface area (Å²) < 4.78 is 5.21. The van der Waals surface area contributed by atoms with Crippen molar-refractivity contribution >= 4 is 17.7 Å². The van der Waals surface area contributed by atoms with Gasteiger partial charge in [0.1, 0.15) is 5.60 Å². The first-order valence-electron chi connectivity index (χ1n) is 5.61. The Hall–Kier alpha value is -0.180. The van der Waals surface area contributed by atoms with Crippen molar-refractivity contribution in [3.8, 4) is 0 Å². The van der Waals surface area contributed by atoms with E-state index in [0.717, 1.165) is 17.4 Å². The molecule has 0 atom stereocenters. The summed E-state index contributed by atoms with van der Waals surface area (Å²) in [5, 5.41) is 0. The average molecular weight is 232 g/mol. The highest BCUT2D eigenvalue weighted by molar-refractivity contribution is 7.99. The largest absolute Gasteiger partial charge is 0.460 e. The van der Waals surface area contributed by atoms with Crippen molar-refractivity contribution in [1.82, 2.24) is 0 Å². The smallest absolute Gasteiger partial charge is 0.307 e. The molecule has 0 unspecified atom stereocenters.